The Morgan fingerprint density at radius 3 is 2.86 bits per heavy atom. The molecule has 0 spiro atoms. The number of aryl methyl sites for hydroxylation is 1. The smallest absolute Gasteiger partial charge is 0.256 e. The molecule has 0 aromatic carbocycles. The molecule has 3 heterocycles. The summed E-state index contributed by atoms with van der Waals surface area (Å²) < 4.78 is 1.51. The molecule has 0 aliphatic rings. The lowest BCUT2D eigenvalue weighted by Gasteiger charge is -2.06. The van der Waals surface area contributed by atoms with Crippen LogP contribution in [0.2, 0.25) is 5.28 Å². The molecule has 0 bridgehead atoms. The molecular formula is C12H11ClN8. The van der Waals surface area contributed by atoms with Crippen LogP contribution in [0.1, 0.15) is 11.5 Å². The van der Waals surface area contributed by atoms with Gasteiger partial charge in [-0.2, -0.15) is 20.1 Å². The largest absolute Gasteiger partial charge is 0.348 e. The van der Waals surface area contributed by atoms with Crippen molar-refractivity contribution in [2.75, 3.05) is 5.32 Å². The topological polar surface area (TPSA) is 94.3 Å². The fourth-order valence-electron chi connectivity index (χ4n) is 1.68. The van der Waals surface area contributed by atoms with Gasteiger partial charge in [0.25, 0.3) is 5.95 Å². The van der Waals surface area contributed by atoms with Gasteiger partial charge >= 0.3 is 0 Å². The second-order valence-corrected chi connectivity index (χ2v) is 4.47. The standard InChI is InChI=1S/C12H11ClN8/c1-8-14-5-3-9(17-8)7-15-11-18-10(13)19-12(20-11)21-6-2-4-16-21/h2-6H,7H2,1H3,(H,15,18,19,20). The first kappa shape index (κ1) is 13.4. The van der Waals surface area contributed by atoms with E-state index in [1.807, 2.05) is 13.0 Å². The Balaban J connectivity index is 1.79. The van der Waals surface area contributed by atoms with Crippen molar-refractivity contribution in [1.29, 1.82) is 0 Å². The highest BCUT2D eigenvalue weighted by atomic mass is 35.5. The van der Waals surface area contributed by atoms with Gasteiger partial charge in [-0.1, -0.05) is 0 Å². The number of nitrogens with one attached hydrogen (secondary N) is 1. The maximum atomic E-state index is 5.90. The van der Waals surface area contributed by atoms with Gasteiger partial charge in [-0.3, -0.25) is 0 Å². The van der Waals surface area contributed by atoms with E-state index < -0.39 is 0 Å². The van der Waals surface area contributed by atoms with Crippen molar-refractivity contribution in [3.05, 3.63) is 47.5 Å². The van der Waals surface area contributed by atoms with Crippen molar-refractivity contribution < 1.29 is 0 Å². The van der Waals surface area contributed by atoms with Crippen LogP contribution in [0.25, 0.3) is 5.95 Å². The van der Waals surface area contributed by atoms with Crippen molar-refractivity contribution in [3.8, 4) is 5.95 Å². The predicted molar refractivity (Wildman–Crippen MR) is 76.1 cm³/mol. The van der Waals surface area contributed by atoms with Crippen LogP contribution >= 0.6 is 11.6 Å². The summed E-state index contributed by atoms with van der Waals surface area (Å²) >= 11 is 5.90. The summed E-state index contributed by atoms with van der Waals surface area (Å²) in [5.41, 5.74) is 0.833. The Labute approximate surface area is 125 Å². The Kier molecular flexibility index (Phi) is 3.69. The van der Waals surface area contributed by atoms with Crippen LogP contribution in [-0.2, 0) is 6.54 Å². The molecule has 0 unspecified atom stereocenters. The Bertz CT molecular complexity index is 743. The summed E-state index contributed by atoms with van der Waals surface area (Å²) in [6.07, 6.45) is 5.06. The maximum Gasteiger partial charge on any atom is 0.256 e. The summed E-state index contributed by atoms with van der Waals surface area (Å²) in [5.74, 6) is 1.42. The molecule has 3 aromatic rings. The van der Waals surface area contributed by atoms with Crippen LogP contribution in [0.15, 0.2) is 30.7 Å². The highest BCUT2D eigenvalue weighted by molar-refractivity contribution is 6.28. The Morgan fingerprint density at radius 2 is 2.10 bits per heavy atom. The van der Waals surface area contributed by atoms with Crippen LogP contribution < -0.4 is 5.32 Å². The van der Waals surface area contributed by atoms with Crippen molar-refractivity contribution in [2.45, 2.75) is 13.5 Å². The Hall–Kier alpha value is -2.61. The highest BCUT2D eigenvalue weighted by Crippen LogP contribution is 2.09. The quantitative estimate of drug-likeness (QED) is 0.778. The molecule has 0 radical (unpaired) electrons. The monoisotopic (exact) mass is 302 g/mol. The van der Waals surface area contributed by atoms with E-state index in [2.05, 4.69) is 35.3 Å². The molecule has 0 saturated heterocycles. The third-order valence-corrected chi connectivity index (χ3v) is 2.74. The fraction of sp³-hybridized carbons (Fsp3) is 0.167. The van der Waals surface area contributed by atoms with Crippen LogP contribution in [0, 0.1) is 6.92 Å². The number of aromatic nitrogens is 7. The summed E-state index contributed by atoms with van der Waals surface area (Å²) in [5, 5.41) is 7.20. The zero-order chi connectivity index (χ0) is 14.7. The molecule has 8 nitrogen and oxygen atoms in total. The van der Waals surface area contributed by atoms with Crippen LogP contribution in [0.3, 0.4) is 0 Å². The van der Waals surface area contributed by atoms with Gasteiger partial charge in [0.15, 0.2) is 0 Å². The first-order valence-corrected chi connectivity index (χ1v) is 6.52. The summed E-state index contributed by atoms with van der Waals surface area (Å²) in [7, 11) is 0. The van der Waals surface area contributed by atoms with Crippen LogP contribution in [-0.4, -0.2) is 34.7 Å². The number of hydrogen-bond donors (Lipinski definition) is 1. The van der Waals surface area contributed by atoms with Crippen molar-refractivity contribution in [3.63, 3.8) is 0 Å². The van der Waals surface area contributed by atoms with Crippen molar-refractivity contribution in [2.24, 2.45) is 0 Å². The van der Waals surface area contributed by atoms with Gasteiger partial charge in [-0.25, -0.2) is 14.6 Å². The first-order chi connectivity index (χ1) is 10.2. The third-order valence-electron chi connectivity index (χ3n) is 2.57. The fourth-order valence-corrected chi connectivity index (χ4v) is 1.84. The van der Waals surface area contributed by atoms with Crippen molar-refractivity contribution in [1.82, 2.24) is 34.7 Å². The summed E-state index contributed by atoms with van der Waals surface area (Å²) in [6, 6.07) is 3.59. The van der Waals surface area contributed by atoms with E-state index >= 15 is 0 Å². The van der Waals surface area contributed by atoms with E-state index in [4.69, 9.17) is 11.6 Å². The van der Waals surface area contributed by atoms with E-state index in [1.165, 1.54) is 4.68 Å². The van der Waals surface area contributed by atoms with Crippen LogP contribution in [0.5, 0.6) is 0 Å². The van der Waals surface area contributed by atoms with Gasteiger partial charge in [-0.05, 0) is 30.7 Å². The van der Waals surface area contributed by atoms with E-state index in [9.17, 15) is 0 Å². The maximum absolute atomic E-state index is 5.90. The highest BCUT2D eigenvalue weighted by Gasteiger charge is 2.07. The second-order valence-electron chi connectivity index (χ2n) is 4.13. The van der Waals surface area contributed by atoms with Gasteiger partial charge in [0, 0.05) is 18.6 Å². The molecule has 0 saturated carbocycles. The molecule has 3 rings (SSSR count). The average Bonchev–Trinajstić information content (AvgIpc) is 2.99. The zero-order valence-corrected chi connectivity index (χ0v) is 11.9. The molecule has 3 aromatic heterocycles. The minimum absolute atomic E-state index is 0.0943. The van der Waals surface area contributed by atoms with E-state index in [-0.39, 0.29) is 5.28 Å². The number of hydrogen-bond acceptors (Lipinski definition) is 7. The number of anilines is 1. The minimum atomic E-state index is 0.0943. The molecule has 0 atom stereocenters. The summed E-state index contributed by atoms with van der Waals surface area (Å²) in [4.78, 5) is 20.6. The van der Waals surface area contributed by atoms with Gasteiger partial charge < -0.3 is 5.32 Å². The third kappa shape index (κ3) is 3.29. The minimum Gasteiger partial charge on any atom is -0.348 e. The lowest BCUT2D eigenvalue weighted by molar-refractivity contribution is 0.793. The van der Waals surface area contributed by atoms with Gasteiger partial charge in [0.1, 0.15) is 5.82 Å². The zero-order valence-electron chi connectivity index (χ0n) is 11.1. The second kappa shape index (κ2) is 5.80. The molecule has 1 N–H and O–H groups in total. The molecule has 9 heteroatoms. The number of halogens is 1. The Morgan fingerprint density at radius 1 is 1.19 bits per heavy atom. The van der Waals surface area contributed by atoms with Crippen LogP contribution in [0.4, 0.5) is 5.95 Å². The molecule has 0 fully saturated rings. The average molecular weight is 303 g/mol. The van der Waals surface area contributed by atoms with E-state index in [1.54, 1.807) is 24.7 Å². The normalized spacial score (nSPS) is 10.6. The molecule has 0 aliphatic carbocycles. The van der Waals surface area contributed by atoms with Crippen molar-refractivity contribution >= 4 is 17.5 Å². The first-order valence-electron chi connectivity index (χ1n) is 6.15. The lowest BCUT2D eigenvalue weighted by Crippen LogP contribution is -2.10. The molecule has 21 heavy (non-hydrogen) atoms. The molecule has 0 aliphatic heterocycles. The number of nitrogens with zero attached hydrogens (tertiary/aromatic N) is 7. The lowest BCUT2D eigenvalue weighted by atomic mass is 10.4. The SMILES string of the molecule is Cc1nccc(CNc2nc(Cl)nc(-n3cccn3)n2)n1. The van der Waals surface area contributed by atoms with Gasteiger partial charge in [0.2, 0.25) is 11.2 Å². The number of rotatable bonds is 4. The molecule has 106 valence electrons. The summed E-state index contributed by atoms with van der Waals surface area (Å²) in [6.45, 7) is 2.29. The predicted octanol–water partition coefficient (Wildman–Crippen LogP) is 1.42. The van der Waals surface area contributed by atoms with Gasteiger partial charge in [-0.15, -0.1) is 0 Å². The molecule has 0 amide bonds. The van der Waals surface area contributed by atoms with E-state index in [0.717, 1.165) is 5.69 Å². The molecular weight excluding hydrogens is 292 g/mol. The van der Waals surface area contributed by atoms with E-state index in [0.29, 0.717) is 24.3 Å². The van der Waals surface area contributed by atoms with Gasteiger partial charge in [0.05, 0.1) is 12.2 Å².